The van der Waals surface area contributed by atoms with Crippen molar-refractivity contribution < 1.29 is 12.8 Å². The van der Waals surface area contributed by atoms with E-state index in [1.165, 1.54) is 23.5 Å². The van der Waals surface area contributed by atoms with Crippen molar-refractivity contribution in [2.45, 2.75) is 11.6 Å². The molecule has 0 aliphatic heterocycles. The van der Waals surface area contributed by atoms with E-state index in [2.05, 4.69) is 15.2 Å². The Morgan fingerprint density at radius 3 is 2.73 bits per heavy atom. The number of aryl methyl sites for hydroxylation is 1. The zero-order chi connectivity index (χ0) is 15.6. The highest BCUT2D eigenvalue weighted by atomic mass is 32.2. The first-order valence-electron chi connectivity index (χ1n) is 6.49. The fourth-order valence-electron chi connectivity index (χ4n) is 1.94. The zero-order valence-electron chi connectivity index (χ0n) is 11.4. The number of aromatic amines is 1. The molecule has 1 N–H and O–H groups in total. The second-order valence-electron chi connectivity index (χ2n) is 4.59. The van der Waals surface area contributed by atoms with Crippen molar-refractivity contribution in [2.75, 3.05) is 5.75 Å². The minimum Gasteiger partial charge on any atom is -0.249 e. The lowest BCUT2D eigenvalue weighted by molar-refractivity contribution is 0.587. The lowest BCUT2D eigenvalue weighted by Crippen LogP contribution is -2.10. The van der Waals surface area contributed by atoms with Crippen LogP contribution in [0.1, 0.15) is 4.88 Å². The van der Waals surface area contributed by atoms with Crippen molar-refractivity contribution in [3.63, 3.8) is 0 Å². The van der Waals surface area contributed by atoms with Gasteiger partial charge in [-0.2, -0.15) is 10.1 Å². The molecule has 8 heteroatoms. The predicted molar refractivity (Wildman–Crippen MR) is 81.9 cm³/mol. The van der Waals surface area contributed by atoms with Crippen LogP contribution in [0.25, 0.3) is 11.4 Å². The first-order chi connectivity index (χ1) is 10.6. The second kappa shape index (κ2) is 5.98. The molecular weight excluding hydrogens is 325 g/mol. The van der Waals surface area contributed by atoms with E-state index in [0.717, 1.165) is 4.88 Å². The summed E-state index contributed by atoms with van der Waals surface area (Å²) in [4.78, 5) is 4.91. The van der Waals surface area contributed by atoms with Crippen LogP contribution in [0, 0.1) is 5.82 Å². The van der Waals surface area contributed by atoms with Gasteiger partial charge in [0.2, 0.25) is 15.0 Å². The maximum Gasteiger partial charge on any atom is 0.243 e. The molecule has 1 aromatic carbocycles. The number of nitrogens with one attached hydrogen (secondary N) is 1. The molecule has 0 saturated heterocycles. The van der Waals surface area contributed by atoms with Crippen molar-refractivity contribution in [1.29, 1.82) is 0 Å². The zero-order valence-corrected chi connectivity index (χ0v) is 13.0. The summed E-state index contributed by atoms with van der Waals surface area (Å²) in [5.74, 6) is -0.531. The third-order valence-electron chi connectivity index (χ3n) is 3.07. The summed E-state index contributed by atoms with van der Waals surface area (Å²) in [7, 11) is -3.58. The molecule has 114 valence electrons. The second-order valence-corrected chi connectivity index (χ2v) is 7.65. The van der Waals surface area contributed by atoms with E-state index in [1.54, 1.807) is 12.1 Å². The minimum absolute atomic E-state index is 0.0350. The average molecular weight is 337 g/mol. The molecule has 0 atom stereocenters. The Hall–Kier alpha value is -2.06. The lowest BCUT2D eigenvalue weighted by atomic mass is 10.2. The van der Waals surface area contributed by atoms with Crippen LogP contribution in [0.15, 0.2) is 46.9 Å². The van der Waals surface area contributed by atoms with Crippen LogP contribution in [0.2, 0.25) is 0 Å². The molecule has 0 saturated carbocycles. The first-order valence-corrected chi connectivity index (χ1v) is 9.02. The van der Waals surface area contributed by atoms with E-state index < -0.39 is 15.7 Å². The highest BCUT2D eigenvalue weighted by Crippen LogP contribution is 2.20. The van der Waals surface area contributed by atoms with Crippen LogP contribution in [0.4, 0.5) is 4.39 Å². The molecule has 5 nitrogen and oxygen atoms in total. The lowest BCUT2D eigenvalue weighted by Gasteiger charge is -1.99. The summed E-state index contributed by atoms with van der Waals surface area (Å²) < 4.78 is 38.1. The fraction of sp³-hybridized carbons (Fsp3) is 0.143. The number of aromatic nitrogens is 3. The molecule has 0 unspecified atom stereocenters. The molecule has 3 aromatic rings. The third-order valence-corrected chi connectivity index (χ3v) is 5.52. The van der Waals surface area contributed by atoms with Gasteiger partial charge in [-0.1, -0.05) is 18.2 Å². The van der Waals surface area contributed by atoms with Crippen molar-refractivity contribution >= 4 is 21.2 Å². The molecule has 2 aromatic heterocycles. The minimum atomic E-state index is -3.58. The highest BCUT2D eigenvalue weighted by Gasteiger charge is 2.21. The van der Waals surface area contributed by atoms with Crippen molar-refractivity contribution in [3.05, 3.63) is 52.5 Å². The van der Waals surface area contributed by atoms with Gasteiger partial charge in [0.25, 0.3) is 0 Å². The highest BCUT2D eigenvalue weighted by molar-refractivity contribution is 7.91. The molecular formula is C14H12FN3O2S2. The van der Waals surface area contributed by atoms with Gasteiger partial charge in [-0.3, -0.25) is 0 Å². The number of hydrogen-bond acceptors (Lipinski definition) is 5. The summed E-state index contributed by atoms with van der Waals surface area (Å²) in [6, 6.07) is 9.71. The fourth-order valence-corrected chi connectivity index (χ4v) is 3.87. The van der Waals surface area contributed by atoms with Crippen LogP contribution >= 0.6 is 11.3 Å². The Morgan fingerprint density at radius 2 is 2.00 bits per heavy atom. The van der Waals surface area contributed by atoms with Gasteiger partial charge >= 0.3 is 0 Å². The van der Waals surface area contributed by atoms with Gasteiger partial charge in [-0.25, -0.2) is 17.9 Å². The van der Waals surface area contributed by atoms with E-state index in [9.17, 15) is 12.8 Å². The van der Waals surface area contributed by atoms with E-state index in [-0.39, 0.29) is 22.3 Å². The third kappa shape index (κ3) is 3.07. The Morgan fingerprint density at radius 1 is 1.18 bits per heavy atom. The molecule has 0 aliphatic carbocycles. The van der Waals surface area contributed by atoms with Gasteiger partial charge in [-0.05, 0) is 30.0 Å². The van der Waals surface area contributed by atoms with Gasteiger partial charge in [0.05, 0.1) is 11.3 Å². The van der Waals surface area contributed by atoms with Crippen molar-refractivity contribution in [1.82, 2.24) is 15.2 Å². The van der Waals surface area contributed by atoms with Crippen LogP contribution in [-0.4, -0.2) is 29.4 Å². The Bertz CT molecular complexity index is 873. The Kier molecular flexibility index (Phi) is 4.04. The molecule has 0 spiro atoms. The van der Waals surface area contributed by atoms with Gasteiger partial charge < -0.3 is 0 Å². The van der Waals surface area contributed by atoms with Crippen LogP contribution < -0.4 is 0 Å². The number of rotatable bonds is 5. The van der Waals surface area contributed by atoms with Crippen LogP contribution in [0.5, 0.6) is 0 Å². The summed E-state index contributed by atoms with van der Waals surface area (Å²) >= 11 is 1.50. The molecule has 22 heavy (non-hydrogen) atoms. The number of hydrogen-bond donors (Lipinski definition) is 1. The van der Waals surface area contributed by atoms with Gasteiger partial charge in [0.1, 0.15) is 5.82 Å². The van der Waals surface area contributed by atoms with Crippen LogP contribution in [0.3, 0.4) is 0 Å². The molecule has 2 heterocycles. The molecule has 0 radical (unpaired) electrons. The summed E-state index contributed by atoms with van der Waals surface area (Å²) in [6.07, 6.45) is 0.412. The van der Waals surface area contributed by atoms with E-state index in [0.29, 0.717) is 6.42 Å². The molecule has 0 aliphatic rings. The Labute approximate surface area is 130 Å². The number of benzene rings is 1. The standard InChI is InChI=1S/C14H12FN3O2S2/c15-12-6-2-1-5-11(12)13-16-14(18-17-13)22(19,20)9-7-10-4-3-8-21-10/h1-6,8H,7,9H2,(H,16,17,18). The van der Waals surface area contributed by atoms with Gasteiger partial charge in [0, 0.05) is 4.88 Å². The summed E-state index contributed by atoms with van der Waals surface area (Å²) in [5.41, 5.74) is 0.165. The average Bonchev–Trinajstić information content (AvgIpc) is 3.18. The smallest absolute Gasteiger partial charge is 0.243 e. The van der Waals surface area contributed by atoms with Gasteiger partial charge in [-0.15, -0.1) is 11.3 Å². The molecule has 0 bridgehead atoms. The predicted octanol–water partition coefficient (Wildman–Crippen LogP) is 2.69. The van der Waals surface area contributed by atoms with E-state index >= 15 is 0 Å². The number of sulfone groups is 1. The van der Waals surface area contributed by atoms with Gasteiger partial charge in [0.15, 0.2) is 5.82 Å². The van der Waals surface area contributed by atoms with Crippen molar-refractivity contribution in [2.24, 2.45) is 0 Å². The molecule has 0 fully saturated rings. The molecule has 0 amide bonds. The summed E-state index contributed by atoms with van der Waals surface area (Å²) in [5, 5.41) is 7.86. The van der Waals surface area contributed by atoms with Crippen molar-refractivity contribution in [3.8, 4) is 11.4 Å². The SMILES string of the molecule is O=S(=O)(CCc1cccs1)c1nc(-c2ccccc2F)n[nH]1. The largest absolute Gasteiger partial charge is 0.249 e. The number of H-pyrrole nitrogens is 1. The van der Waals surface area contributed by atoms with Crippen LogP contribution in [-0.2, 0) is 16.3 Å². The quantitative estimate of drug-likeness (QED) is 0.777. The monoisotopic (exact) mass is 337 g/mol. The first kappa shape index (κ1) is 14.9. The van der Waals surface area contributed by atoms with E-state index in [4.69, 9.17) is 0 Å². The topological polar surface area (TPSA) is 75.7 Å². The number of thiophene rings is 1. The Balaban J connectivity index is 1.82. The van der Waals surface area contributed by atoms with E-state index in [1.807, 2.05) is 17.5 Å². The number of nitrogens with zero attached hydrogens (tertiary/aromatic N) is 2. The maximum atomic E-state index is 13.7. The maximum absolute atomic E-state index is 13.7. The summed E-state index contributed by atoms with van der Waals surface area (Å²) in [6.45, 7) is 0. The number of halogens is 1. The molecule has 3 rings (SSSR count). The normalized spacial score (nSPS) is 11.7.